The molecule has 0 aromatic heterocycles. The van der Waals surface area contributed by atoms with Gasteiger partial charge in [-0.15, -0.1) is 0 Å². The van der Waals surface area contributed by atoms with Crippen molar-refractivity contribution in [3.63, 3.8) is 0 Å². The number of rotatable bonds is 4. The van der Waals surface area contributed by atoms with Crippen LogP contribution in [0.25, 0.3) is 0 Å². The first-order valence-corrected chi connectivity index (χ1v) is 6.55. The van der Waals surface area contributed by atoms with Crippen LogP contribution in [0.3, 0.4) is 0 Å². The first kappa shape index (κ1) is 14.0. The molecule has 1 aliphatic carbocycles. The van der Waals surface area contributed by atoms with Gasteiger partial charge in [0.1, 0.15) is 0 Å². The summed E-state index contributed by atoms with van der Waals surface area (Å²) in [5.41, 5.74) is 0. The lowest BCUT2D eigenvalue weighted by molar-refractivity contribution is -0.146. The zero-order valence-electron chi connectivity index (χ0n) is 10.7. The van der Waals surface area contributed by atoms with Crippen molar-refractivity contribution in [2.24, 2.45) is 11.8 Å². The van der Waals surface area contributed by atoms with Crippen molar-refractivity contribution < 1.29 is 14.7 Å². The Morgan fingerprint density at radius 2 is 1.59 bits per heavy atom. The number of carbonyl (C=O) groups excluding carboxylic acids is 1. The van der Waals surface area contributed by atoms with Crippen LogP contribution < -0.4 is 5.32 Å². The molecule has 0 heterocycles. The molecule has 2 atom stereocenters. The van der Waals surface area contributed by atoms with Crippen LogP contribution in [0.2, 0.25) is 0 Å². The number of hydrogen-bond acceptors (Lipinski definition) is 2. The topological polar surface area (TPSA) is 66.4 Å². The van der Waals surface area contributed by atoms with Gasteiger partial charge in [0, 0.05) is 12.0 Å². The molecule has 0 aromatic carbocycles. The van der Waals surface area contributed by atoms with Crippen LogP contribution in [0.1, 0.15) is 52.4 Å². The minimum atomic E-state index is -0.909. The molecule has 0 aromatic rings. The van der Waals surface area contributed by atoms with Crippen LogP contribution >= 0.6 is 0 Å². The lowest BCUT2D eigenvalue weighted by Gasteiger charge is -2.21. The van der Waals surface area contributed by atoms with E-state index in [2.05, 4.69) is 5.32 Å². The van der Waals surface area contributed by atoms with Crippen molar-refractivity contribution in [3.05, 3.63) is 0 Å². The number of carbonyl (C=O) groups is 2. The summed E-state index contributed by atoms with van der Waals surface area (Å²) in [6.45, 7) is 3.27. The summed E-state index contributed by atoms with van der Waals surface area (Å²) in [6, 6.07) is 0.244. The Morgan fingerprint density at radius 3 is 2.06 bits per heavy atom. The van der Waals surface area contributed by atoms with E-state index >= 15 is 0 Å². The highest BCUT2D eigenvalue weighted by Gasteiger charge is 2.27. The summed E-state index contributed by atoms with van der Waals surface area (Å²) in [5, 5.41) is 11.9. The summed E-state index contributed by atoms with van der Waals surface area (Å²) in [5.74, 6) is -2.11. The van der Waals surface area contributed by atoms with E-state index in [1.165, 1.54) is 12.8 Å². The second kappa shape index (κ2) is 6.62. The second-order valence-corrected chi connectivity index (χ2v) is 5.11. The molecule has 4 nitrogen and oxygen atoms in total. The van der Waals surface area contributed by atoms with Gasteiger partial charge in [0.2, 0.25) is 5.91 Å². The number of nitrogens with one attached hydrogen (secondary N) is 1. The van der Waals surface area contributed by atoms with Crippen molar-refractivity contribution in [2.45, 2.75) is 58.4 Å². The Bertz CT molecular complexity index is 270. The lowest BCUT2D eigenvalue weighted by atomic mass is 9.94. The molecule has 17 heavy (non-hydrogen) atoms. The molecule has 1 aliphatic rings. The molecule has 2 N–H and O–H groups in total. The van der Waals surface area contributed by atoms with E-state index in [1.54, 1.807) is 13.8 Å². The first-order valence-electron chi connectivity index (χ1n) is 6.55. The predicted molar refractivity (Wildman–Crippen MR) is 65.6 cm³/mol. The van der Waals surface area contributed by atoms with Crippen LogP contribution in [0, 0.1) is 11.8 Å². The third-order valence-electron chi connectivity index (χ3n) is 3.75. The highest BCUT2D eigenvalue weighted by Crippen LogP contribution is 2.18. The Balaban J connectivity index is 2.44. The molecule has 0 aliphatic heterocycles. The van der Waals surface area contributed by atoms with Gasteiger partial charge < -0.3 is 10.4 Å². The van der Waals surface area contributed by atoms with Gasteiger partial charge in [0.15, 0.2) is 0 Å². The molecule has 2 unspecified atom stereocenters. The van der Waals surface area contributed by atoms with Crippen LogP contribution in [-0.2, 0) is 9.59 Å². The normalized spacial score (nSPS) is 21.3. The lowest BCUT2D eigenvalue weighted by Crippen LogP contribution is -2.41. The van der Waals surface area contributed by atoms with Crippen LogP contribution in [0.4, 0.5) is 0 Å². The van der Waals surface area contributed by atoms with Crippen molar-refractivity contribution in [3.8, 4) is 0 Å². The summed E-state index contributed by atoms with van der Waals surface area (Å²) in [6.07, 6.45) is 6.86. The number of aliphatic carboxylic acids is 1. The molecule has 98 valence electrons. The van der Waals surface area contributed by atoms with Crippen LogP contribution in [0.15, 0.2) is 0 Å². The van der Waals surface area contributed by atoms with E-state index in [-0.39, 0.29) is 11.9 Å². The number of carboxylic acids is 1. The maximum Gasteiger partial charge on any atom is 0.307 e. The highest BCUT2D eigenvalue weighted by atomic mass is 16.4. The fraction of sp³-hybridized carbons (Fsp3) is 0.846. The van der Waals surface area contributed by atoms with Gasteiger partial charge in [-0.05, 0) is 12.8 Å². The molecule has 4 heteroatoms. The van der Waals surface area contributed by atoms with Crippen molar-refractivity contribution >= 4 is 11.9 Å². The number of amides is 1. The Labute approximate surface area is 103 Å². The minimum absolute atomic E-state index is 0.119. The molecule has 1 rings (SSSR count). The van der Waals surface area contributed by atoms with Gasteiger partial charge in [-0.1, -0.05) is 39.5 Å². The van der Waals surface area contributed by atoms with Crippen molar-refractivity contribution in [2.75, 3.05) is 0 Å². The summed E-state index contributed by atoms with van der Waals surface area (Å²) in [7, 11) is 0. The van der Waals surface area contributed by atoms with Gasteiger partial charge in [0.25, 0.3) is 0 Å². The van der Waals surface area contributed by atoms with E-state index in [4.69, 9.17) is 5.11 Å². The average molecular weight is 241 g/mol. The molecule has 0 saturated heterocycles. The number of carboxylic acid groups (broad SMARTS) is 1. The van der Waals surface area contributed by atoms with Crippen LogP contribution in [0.5, 0.6) is 0 Å². The standard InChI is InChI=1S/C13H23NO3/c1-9(10(2)13(16)17)12(15)14-11-7-5-3-4-6-8-11/h9-11H,3-8H2,1-2H3,(H,14,15)(H,16,17). The number of hydrogen-bond donors (Lipinski definition) is 2. The zero-order chi connectivity index (χ0) is 12.8. The average Bonchev–Trinajstić information content (AvgIpc) is 2.55. The maximum atomic E-state index is 11.9. The Hall–Kier alpha value is -1.06. The maximum absolute atomic E-state index is 11.9. The van der Waals surface area contributed by atoms with Crippen molar-refractivity contribution in [1.82, 2.24) is 5.32 Å². The fourth-order valence-electron chi connectivity index (χ4n) is 2.20. The Kier molecular flexibility index (Phi) is 5.45. The van der Waals surface area contributed by atoms with E-state index in [0.717, 1.165) is 25.7 Å². The monoisotopic (exact) mass is 241 g/mol. The molecule has 1 amide bonds. The SMILES string of the molecule is CC(C(=O)O)C(C)C(=O)NC1CCCCCC1. The minimum Gasteiger partial charge on any atom is -0.481 e. The largest absolute Gasteiger partial charge is 0.481 e. The predicted octanol–water partition coefficient (Wildman–Crippen LogP) is 2.18. The molecule has 1 fully saturated rings. The van der Waals surface area contributed by atoms with Gasteiger partial charge >= 0.3 is 5.97 Å². The molecular weight excluding hydrogens is 218 g/mol. The third-order valence-corrected chi connectivity index (χ3v) is 3.75. The third kappa shape index (κ3) is 4.36. The first-order chi connectivity index (χ1) is 8.02. The van der Waals surface area contributed by atoms with E-state index in [0.29, 0.717) is 0 Å². The smallest absolute Gasteiger partial charge is 0.307 e. The highest BCUT2D eigenvalue weighted by molar-refractivity contribution is 5.84. The summed E-state index contributed by atoms with van der Waals surface area (Å²) >= 11 is 0. The zero-order valence-corrected chi connectivity index (χ0v) is 10.7. The summed E-state index contributed by atoms with van der Waals surface area (Å²) < 4.78 is 0. The van der Waals surface area contributed by atoms with E-state index in [1.807, 2.05) is 0 Å². The van der Waals surface area contributed by atoms with E-state index in [9.17, 15) is 9.59 Å². The second-order valence-electron chi connectivity index (χ2n) is 5.11. The molecule has 1 saturated carbocycles. The van der Waals surface area contributed by atoms with Gasteiger partial charge in [-0.3, -0.25) is 9.59 Å². The fourth-order valence-corrected chi connectivity index (χ4v) is 2.20. The van der Waals surface area contributed by atoms with Gasteiger partial charge in [0.05, 0.1) is 5.92 Å². The van der Waals surface area contributed by atoms with Gasteiger partial charge in [-0.25, -0.2) is 0 Å². The molecule has 0 radical (unpaired) electrons. The molecule has 0 bridgehead atoms. The van der Waals surface area contributed by atoms with Crippen LogP contribution in [-0.4, -0.2) is 23.0 Å². The quantitative estimate of drug-likeness (QED) is 0.741. The molecule has 0 spiro atoms. The van der Waals surface area contributed by atoms with Crippen molar-refractivity contribution in [1.29, 1.82) is 0 Å². The Morgan fingerprint density at radius 1 is 1.06 bits per heavy atom. The molecular formula is C13H23NO3. The summed E-state index contributed by atoms with van der Waals surface area (Å²) in [4.78, 5) is 22.7. The van der Waals surface area contributed by atoms with E-state index < -0.39 is 17.8 Å². The van der Waals surface area contributed by atoms with Gasteiger partial charge in [-0.2, -0.15) is 0 Å².